The van der Waals surface area contributed by atoms with Crippen molar-refractivity contribution in [1.82, 2.24) is 0 Å². The Bertz CT molecular complexity index is 469. The van der Waals surface area contributed by atoms with Crippen LogP contribution in [-0.4, -0.2) is 12.4 Å². The van der Waals surface area contributed by atoms with Gasteiger partial charge in [0.2, 0.25) is 0 Å². The van der Waals surface area contributed by atoms with Gasteiger partial charge in [-0.15, -0.1) is 13.2 Å². The average Bonchev–Trinajstić information content (AvgIpc) is 2.30. The molecule has 1 aromatic carbocycles. The second-order valence-electron chi connectivity index (χ2n) is 5.57. The van der Waals surface area contributed by atoms with Gasteiger partial charge in [-0.2, -0.15) is 0 Å². The quantitative estimate of drug-likeness (QED) is 0.784. The van der Waals surface area contributed by atoms with E-state index in [1.807, 2.05) is 6.92 Å². The molecule has 0 saturated heterocycles. The molecule has 2 N–H and O–H groups in total. The van der Waals surface area contributed by atoms with Gasteiger partial charge in [0.05, 0.1) is 0 Å². The maximum Gasteiger partial charge on any atom is 0.573 e. The van der Waals surface area contributed by atoms with Crippen molar-refractivity contribution in [3.05, 3.63) is 29.1 Å². The lowest BCUT2D eigenvalue weighted by molar-refractivity contribution is -0.275. The largest absolute Gasteiger partial charge is 0.573 e. The Labute approximate surface area is 122 Å². The molecule has 0 aliphatic heterocycles. The van der Waals surface area contributed by atoms with Crippen LogP contribution in [0.1, 0.15) is 50.7 Å². The summed E-state index contributed by atoms with van der Waals surface area (Å²) < 4.78 is 54.8. The van der Waals surface area contributed by atoms with Crippen molar-refractivity contribution in [1.29, 1.82) is 0 Å². The molecule has 0 heterocycles. The lowest BCUT2D eigenvalue weighted by Gasteiger charge is -2.16. The number of hydrogen-bond acceptors (Lipinski definition) is 2. The topological polar surface area (TPSA) is 35.2 Å². The molecule has 0 bridgehead atoms. The maximum absolute atomic E-state index is 14.0. The summed E-state index contributed by atoms with van der Waals surface area (Å²) in [6.45, 7) is 5.31. The van der Waals surface area contributed by atoms with Crippen LogP contribution in [0.25, 0.3) is 0 Å². The number of rotatable bonds is 6. The first-order valence-corrected chi connectivity index (χ1v) is 6.93. The highest BCUT2D eigenvalue weighted by atomic mass is 19.4. The molecule has 120 valence electrons. The van der Waals surface area contributed by atoms with Crippen molar-refractivity contribution < 1.29 is 22.3 Å². The first-order valence-electron chi connectivity index (χ1n) is 6.93. The van der Waals surface area contributed by atoms with Crippen LogP contribution in [-0.2, 0) is 6.42 Å². The van der Waals surface area contributed by atoms with Crippen LogP contribution in [0.15, 0.2) is 12.1 Å². The van der Waals surface area contributed by atoms with E-state index in [1.54, 1.807) is 19.9 Å². The van der Waals surface area contributed by atoms with Gasteiger partial charge in [-0.3, -0.25) is 0 Å². The number of aryl methyl sites for hydroxylation is 1. The summed E-state index contributed by atoms with van der Waals surface area (Å²) in [5.41, 5.74) is 6.49. The van der Waals surface area contributed by atoms with Crippen LogP contribution in [0, 0.1) is 5.82 Å². The number of halogens is 4. The fourth-order valence-electron chi connectivity index (χ4n) is 2.07. The zero-order valence-electron chi connectivity index (χ0n) is 12.4. The first kappa shape index (κ1) is 17.8. The van der Waals surface area contributed by atoms with E-state index in [0.717, 1.165) is 18.9 Å². The predicted octanol–water partition coefficient (Wildman–Crippen LogP) is 4.52. The molecule has 0 saturated carbocycles. The predicted molar refractivity (Wildman–Crippen MR) is 73.8 cm³/mol. The van der Waals surface area contributed by atoms with Gasteiger partial charge < -0.3 is 10.5 Å². The molecule has 0 aliphatic carbocycles. The summed E-state index contributed by atoms with van der Waals surface area (Å²) in [4.78, 5) is 0. The van der Waals surface area contributed by atoms with Gasteiger partial charge in [0.15, 0.2) is 11.6 Å². The molecule has 21 heavy (non-hydrogen) atoms. The van der Waals surface area contributed by atoms with Crippen molar-refractivity contribution in [2.24, 2.45) is 5.73 Å². The lowest BCUT2D eigenvalue weighted by atomic mass is 9.97. The minimum absolute atomic E-state index is 0.0286. The van der Waals surface area contributed by atoms with Crippen LogP contribution in [0.5, 0.6) is 5.75 Å². The van der Waals surface area contributed by atoms with Crippen LogP contribution < -0.4 is 10.5 Å². The third kappa shape index (κ3) is 5.91. The molecular formula is C15H21F4NO. The zero-order valence-corrected chi connectivity index (χ0v) is 12.4. The molecule has 0 aromatic heterocycles. The number of benzene rings is 1. The van der Waals surface area contributed by atoms with Crippen LogP contribution in [0.4, 0.5) is 17.6 Å². The number of hydrogen-bond donors (Lipinski definition) is 1. The Morgan fingerprint density at radius 1 is 1.19 bits per heavy atom. The maximum atomic E-state index is 14.0. The Hall–Kier alpha value is -1.30. The molecule has 0 unspecified atom stereocenters. The SMILES string of the molecule is CC(C)c1cc(CCC[C@H](C)N)cc(OC(F)(F)F)c1F. The van der Waals surface area contributed by atoms with E-state index >= 15 is 0 Å². The molecular weight excluding hydrogens is 286 g/mol. The third-order valence-electron chi connectivity index (χ3n) is 3.10. The molecule has 0 radical (unpaired) electrons. The molecule has 0 amide bonds. The number of nitrogens with two attached hydrogens (primary N) is 1. The minimum atomic E-state index is -4.90. The Morgan fingerprint density at radius 2 is 1.81 bits per heavy atom. The van der Waals surface area contributed by atoms with E-state index in [0.29, 0.717) is 12.0 Å². The monoisotopic (exact) mass is 307 g/mol. The van der Waals surface area contributed by atoms with E-state index in [9.17, 15) is 17.6 Å². The summed E-state index contributed by atoms with van der Waals surface area (Å²) in [5, 5.41) is 0. The van der Waals surface area contributed by atoms with Crippen molar-refractivity contribution in [3.8, 4) is 5.75 Å². The highest BCUT2D eigenvalue weighted by molar-refractivity contribution is 5.38. The second kappa shape index (κ2) is 7.11. The Morgan fingerprint density at radius 3 is 2.29 bits per heavy atom. The van der Waals surface area contributed by atoms with Crippen molar-refractivity contribution >= 4 is 0 Å². The Kier molecular flexibility index (Phi) is 6.01. The van der Waals surface area contributed by atoms with E-state index in [2.05, 4.69) is 4.74 Å². The van der Waals surface area contributed by atoms with Gasteiger partial charge >= 0.3 is 6.36 Å². The minimum Gasteiger partial charge on any atom is -0.403 e. The molecule has 0 spiro atoms. The number of alkyl halides is 3. The summed E-state index contributed by atoms with van der Waals surface area (Å²) in [6, 6.07) is 2.75. The van der Waals surface area contributed by atoms with Gasteiger partial charge in [0, 0.05) is 6.04 Å². The highest BCUT2D eigenvalue weighted by Crippen LogP contribution is 2.32. The standard InChI is InChI=1S/C15H21F4NO/c1-9(2)12-7-11(6-4-5-10(3)20)8-13(14(12)16)21-15(17,18)19/h7-10H,4-6,20H2,1-3H3/t10-/m0/s1. The first-order chi connectivity index (χ1) is 9.60. The van der Waals surface area contributed by atoms with Crippen molar-refractivity contribution in [2.75, 3.05) is 0 Å². The summed E-state index contributed by atoms with van der Waals surface area (Å²) in [7, 11) is 0. The smallest absolute Gasteiger partial charge is 0.403 e. The van der Waals surface area contributed by atoms with E-state index in [1.165, 1.54) is 0 Å². The molecule has 1 aromatic rings. The summed E-state index contributed by atoms with van der Waals surface area (Å²) >= 11 is 0. The van der Waals surface area contributed by atoms with Gasteiger partial charge in [-0.25, -0.2) is 4.39 Å². The van der Waals surface area contributed by atoms with Gasteiger partial charge in [0.25, 0.3) is 0 Å². The lowest BCUT2D eigenvalue weighted by Crippen LogP contribution is -2.19. The van der Waals surface area contributed by atoms with Gasteiger partial charge in [-0.05, 0) is 49.3 Å². The zero-order chi connectivity index (χ0) is 16.2. The van der Waals surface area contributed by atoms with Gasteiger partial charge in [-0.1, -0.05) is 19.9 Å². The fraction of sp³-hybridized carbons (Fsp3) is 0.600. The van der Waals surface area contributed by atoms with Crippen molar-refractivity contribution in [2.45, 2.75) is 58.4 Å². The van der Waals surface area contributed by atoms with Crippen molar-refractivity contribution in [3.63, 3.8) is 0 Å². The van der Waals surface area contributed by atoms with E-state index in [4.69, 9.17) is 5.73 Å². The molecule has 1 atom stereocenters. The van der Waals surface area contributed by atoms with Crippen LogP contribution in [0.3, 0.4) is 0 Å². The Balaban J connectivity index is 3.03. The third-order valence-corrected chi connectivity index (χ3v) is 3.10. The molecule has 0 fully saturated rings. The molecule has 0 aliphatic rings. The highest BCUT2D eigenvalue weighted by Gasteiger charge is 2.33. The average molecular weight is 307 g/mol. The fourth-order valence-corrected chi connectivity index (χ4v) is 2.07. The van der Waals surface area contributed by atoms with E-state index < -0.39 is 17.9 Å². The summed E-state index contributed by atoms with van der Waals surface area (Å²) in [5.74, 6) is -1.93. The van der Waals surface area contributed by atoms with E-state index in [-0.39, 0.29) is 17.5 Å². The van der Waals surface area contributed by atoms with Crippen LogP contribution in [0.2, 0.25) is 0 Å². The molecule has 1 rings (SSSR count). The second-order valence-corrected chi connectivity index (χ2v) is 5.57. The van der Waals surface area contributed by atoms with Crippen LogP contribution >= 0.6 is 0 Å². The number of ether oxygens (including phenoxy) is 1. The van der Waals surface area contributed by atoms with Gasteiger partial charge in [0.1, 0.15) is 0 Å². The molecule has 2 nitrogen and oxygen atoms in total. The summed E-state index contributed by atoms with van der Waals surface area (Å²) in [6.07, 6.45) is -2.88. The molecule has 6 heteroatoms. The normalized spacial score (nSPS) is 13.6.